The van der Waals surface area contributed by atoms with E-state index in [-0.39, 0.29) is 0 Å². The fourth-order valence-electron chi connectivity index (χ4n) is 2.99. The quantitative estimate of drug-likeness (QED) is 0.683. The van der Waals surface area contributed by atoms with E-state index in [4.69, 9.17) is 14.2 Å². The molecule has 4 rings (SSSR count). The van der Waals surface area contributed by atoms with E-state index in [1.165, 1.54) is 11.8 Å². The van der Waals surface area contributed by atoms with Gasteiger partial charge in [-0.05, 0) is 24.5 Å². The minimum atomic E-state index is -0.538. The minimum Gasteiger partial charge on any atom is -0.493 e. The van der Waals surface area contributed by atoms with Crippen LogP contribution in [-0.4, -0.2) is 35.7 Å². The molecule has 1 aliphatic rings. The number of para-hydroxylation sites is 2. The van der Waals surface area contributed by atoms with Crippen molar-refractivity contribution in [3.63, 3.8) is 0 Å². The second-order valence-electron chi connectivity index (χ2n) is 5.72. The zero-order chi connectivity index (χ0) is 18.8. The maximum atomic E-state index is 6.24. The van der Waals surface area contributed by atoms with Crippen LogP contribution in [0.4, 0.5) is 5.69 Å². The molecule has 0 spiro atoms. The molecule has 0 unspecified atom stereocenters. The standard InChI is InChI=1S/C19H18N4O3S/c1-24-14-10-6-8-12(16(14)25-2)17-20-13-9-5-4-7-11(13)15-18(26-17)21-19(27-3)23-22-15/h4-10,17,20H,1-3H3/t17-/m1/s1. The lowest BCUT2D eigenvalue weighted by atomic mass is 10.1. The van der Waals surface area contributed by atoms with Gasteiger partial charge >= 0.3 is 0 Å². The van der Waals surface area contributed by atoms with E-state index in [9.17, 15) is 0 Å². The van der Waals surface area contributed by atoms with Crippen LogP contribution in [0.5, 0.6) is 17.4 Å². The van der Waals surface area contributed by atoms with Crippen LogP contribution in [0.15, 0.2) is 47.6 Å². The molecule has 3 aromatic rings. The number of fused-ring (bicyclic) bond motifs is 3. The fourth-order valence-corrected chi connectivity index (χ4v) is 3.29. The summed E-state index contributed by atoms with van der Waals surface area (Å²) in [5, 5.41) is 12.5. The van der Waals surface area contributed by atoms with Gasteiger partial charge in [0.15, 0.2) is 17.2 Å². The van der Waals surface area contributed by atoms with E-state index in [0.29, 0.717) is 28.2 Å². The summed E-state index contributed by atoms with van der Waals surface area (Å²) in [6.07, 6.45) is 1.36. The van der Waals surface area contributed by atoms with Crippen molar-refractivity contribution in [2.75, 3.05) is 25.8 Å². The Labute approximate surface area is 161 Å². The van der Waals surface area contributed by atoms with Crippen molar-refractivity contribution in [3.05, 3.63) is 48.0 Å². The van der Waals surface area contributed by atoms with Gasteiger partial charge in [-0.15, -0.1) is 10.2 Å². The third kappa shape index (κ3) is 3.12. The van der Waals surface area contributed by atoms with E-state index in [0.717, 1.165) is 16.8 Å². The first kappa shape index (κ1) is 17.4. The third-order valence-corrected chi connectivity index (χ3v) is 4.77. The average molecular weight is 382 g/mol. The summed E-state index contributed by atoms with van der Waals surface area (Å²) in [6.45, 7) is 0. The van der Waals surface area contributed by atoms with Gasteiger partial charge in [0.2, 0.25) is 17.3 Å². The van der Waals surface area contributed by atoms with Crippen LogP contribution in [0.3, 0.4) is 0 Å². The van der Waals surface area contributed by atoms with Gasteiger partial charge in [0.25, 0.3) is 0 Å². The van der Waals surface area contributed by atoms with Gasteiger partial charge < -0.3 is 19.5 Å². The van der Waals surface area contributed by atoms with Crippen molar-refractivity contribution in [2.24, 2.45) is 0 Å². The molecule has 0 fully saturated rings. The van der Waals surface area contributed by atoms with Crippen LogP contribution in [-0.2, 0) is 0 Å². The molecule has 1 aromatic heterocycles. The Hall–Kier alpha value is -3.00. The monoisotopic (exact) mass is 382 g/mol. The summed E-state index contributed by atoms with van der Waals surface area (Å²) in [4.78, 5) is 4.52. The number of benzene rings is 2. The van der Waals surface area contributed by atoms with Crippen LogP contribution in [0.1, 0.15) is 11.8 Å². The van der Waals surface area contributed by atoms with Gasteiger partial charge in [-0.2, -0.15) is 4.98 Å². The molecule has 7 nitrogen and oxygen atoms in total. The molecule has 0 amide bonds. The van der Waals surface area contributed by atoms with Crippen molar-refractivity contribution in [3.8, 4) is 28.6 Å². The molecule has 27 heavy (non-hydrogen) atoms. The molecule has 0 aliphatic carbocycles. The number of aromatic nitrogens is 3. The molecule has 0 saturated carbocycles. The average Bonchev–Trinajstić information content (AvgIpc) is 2.89. The van der Waals surface area contributed by atoms with Crippen molar-refractivity contribution >= 4 is 17.4 Å². The number of nitrogens with one attached hydrogen (secondary N) is 1. The summed E-state index contributed by atoms with van der Waals surface area (Å²) in [7, 11) is 3.21. The van der Waals surface area contributed by atoms with Crippen LogP contribution >= 0.6 is 11.8 Å². The highest BCUT2D eigenvalue weighted by Crippen LogP contribution is 2.42. The molecular formula is C19H18N4O3S. The van der Waals surface area contributed by atoms with Crippen molar-refractivity contribution < 1.29 is 14.2 Å². The van der Waals surface area contributed by atoms with Crippen LogP contribution in [0.2, 0.25) is 0 Å². The zero-order valence-electron chi connectivity index (χ0n) is 15.1. The van der Waals surface area contributed by atoms with Crippen LogP contribution in [0, 0.1) is 0 Å². The Balaban J connectivity index is 1.88. The van der Waals surface area contributed by atoms with E-state index in [1.54, 1.807) is 14.2 Å². The summed E-state index contributed by atoms with van der Waals surface area (Å²) >= 11 is 1.41. The zero-order valence-corrected chi connectivity index (χ0v) is 15.9. The first-order chi connectivity index (χ1) is 13.2. The molecule has 1 atom stereocenters. The molecule has 0 bridgehead atoms. The summed E-state index contributed by atoms with van der Waals surface area (Å²) in [6, 6.07) is 13.5. The van der Waals surface area contributed by atoms with Crippen molar-refractivity contribution in [2.45, 2.75) is 11.4 Å². The second-order valence-corrected chi connectivity index (χ2v) is 6.50. The number of rotatable bonds is 4. The van der Waals surface area contributed by atoms with Gasteiger partial charge in [-0.1, -0.05) is 36.0 Å². The Morgan fingerprint density at radius 3 is 2.67 bits per heavy atom. The SMILES string of the molecule is COc1cccc([C@@H]2Nc3ccccc3-c3nnc(SC)nc3O2)c1OC. The number of hydrogen-bond donors (Lipinski definition) is 1. The van der Waals surface area contributed by atoms with Gasteiger partial charge in [0, 0.05) is 11.3 Å². The maximum absolute atomic E-state index is 6.24. The van der Waals surface area contributed by atoms with Gasteiger partial charge in [0.05, 0.1) is 19.8 Å². The van der Waals surface area contributed by atoms with Gasteiger partial charge in [-0.25, -0.2) is 0 Å². The van der Waals surface area contributed by atoms with Gasteiger partial charge in [0.1, 0.15) is 0 Å². The molecule has 1 aliphatic heterocycles. The smallest absolute Gasteiger partial charge is 0.247 e. The highest BCUT2D eigenvalue weighted by atomic mass is 32.2. The predicted octanol–water partition coefficient (Wildman–Crippen LogP) is 3.78. The number of thioether (sulfide) groups is 1. The lowest BCUT2D eigenvalue weighted by Crippen LogP contribution is -2.18. The molecule has 0 radical (unpaired) electrons. The number of anilines is 1. The van der Waals surface area contributed by atoms with E-state index < -0.39 is 6.23 Å². The summed E-state index contributed by atoms with van der Waals surface area (Å²) in [5.74, 6) is 1.65. The topological polar surface area (TPSA) is 78.4 Å². The molecule has 2 heterocycles. The van der Waals surface area contributed by atoms with E-state index >= 15 is 0 Å². The number of nitrogens with zero attached hydrogens (tertiary/aromatic N) is 3. The lowest BCUT2D eigenvalue weighted by Gasteiger charge is -2.22. The highest BCUT2D eigenvalue weighted by Gasteiger charge is 2.28. The fraction of sp³-hybridized carbons (Fsp3) is 0.211. The van der Waals surface area contributed by atoms with E-state index in [2.05, 4.69) is 20.5 Å². The minimum absolute atomic E-state index is 0.418. The Morgan fingerprint density at radius 1 is 1.04 bits per heavy atom. The Morgan fingerprint density at radius 2 is 1.89 bits per heavy atom. The largest absolute Gasteiger partial charge is 0.493 e. The number of hydrogen-bond acceptors (Lipinski definition) is 8. The van der Waals surface area contributed by atoms with Crippen LogP contribution in [0.25, 0.3) is 11.3 Å². The molecule has 2 aromatic carbocycles. The molecule has 1 N–H and O–H groups in total. The highest BCUT2D eigenvalue weighted by molar-refractivity contribution is 7.98. The Kier molecular flexibility index (Phi) is 4.72. The first-order valence-corrected chi connectivity index (χ1v) is 9.49. The number of methoxy groups -OCH3 is 2. The van der Waals surface area contributed by atoms with Gasteiger partial charge in [-0.3, -0.25) is 0 Å². The predicted molar refractivity (Wildman–Crippen MR) is 104 cm³/mol. The molecule has 138 valence electrons. The molecular weight excluding hydrogens is 364 g/mol. The van der Waals surface area contributed by atoms with E-state index in [1.807, 2.05) is 48.7 Å². The molecule has 0 saturated heterocycles. The Bertz CT molecular complexity index is 983. The normalized spacial score (nSPS) is 14.9. The second kappa shape index (κ2) is 7.32. The first-order valence-electron chi connectivity index (χ1n) is 8.27. The summed E-state index contributed by atoms with van der Waals surface area (Å²) < 4.78 is 17.2. The van der Waals surface area contributed by atoms with Crippen molar-refractivity contribution in [1.82, 2.24) is 15.2 Å². The van der Waals surface area contributed by atoms with Crippen molar-refractivity contribution in [1.29, 1.82) is 0 Å². The summed E-state index contributed by atoms with van der Waals surface area (Å²) in [5.41, 5.74) is 3.15. The number of ether oxygens (including phenoxy) is 3. The molecule has 8 heteroatoms. The van der Waals surface area contributed by atoms with Crippen LogP contribution < -0.4 is 19.5 Å². The lowest BCUT2D eigenvalue weighted by molar-refractivity contribution is 0.218. The third-order valence-electron chi connectivity index (χ3n) is 4.23. The maximum Gasteiger partial charge on any atom is 0.247 e.